The molecular weight excluding hydrogens is 378 g/mol. The minimum Gasteiger partial charge on any atom is -0.444 e. The van der Waals surface area contributed by atoms with Crippen LogP contribution in [0.1, 0.15) is 56.3 Å². The van der Waals surface area contributed by atoms with Gasteiger partial charge in [-0.3, -0.25) is 4.68 Å². The van der Waals surface area contributed by atoms with E-state index in [0.29, 0.717) is 6.54 Å². The number of fused-ring (bicyclic) bond motifs is 1. The summed E-state index contributed by atoms with van der Waals surface area (Å²) < 4.78 is 7.51. The number of likely N-dealkylation sites (tertiary alicyclic amines) is 1. The van der Waals surface area contributed by atoms with Gasteiger partial charge < -0.3 is 20.3 Å². The van der Waals surface area contributed by atoms with Gasteiger partial charge in [0.25, 0.3) is 0 Å². The number of aryl methyl sites for hydroxylation is 1. The van der Waals surface area contributed by atoms with Crippen LogP contribution in [0.2, 0.25) is 0 Å². The molecule has 0 radical (unpaired) electrons. The van der Waals surface area contributed by atoms with Crippen LogP contribution in [0.25, 0.3) is 11.1 Å². The lowest BCUT2D eigenvalue weighted by Gasteiger charge is -2.34. The average Bonchev–Trinajstić information content (AvgIpc) is 3.29. The number of nitrogen functional groups attached to an aromatic ring is 1. The van der Waals surface area contributed by atoms with E-state index < -0.39 is 5.60 Å². The highest BCUT2D eigenvalue weighted by molar-refractivity contribution is 5.82. The lowest BCUT2D eigenvalue weighted by molar-refractivity contribution is 0.0223. The summed E-state index contributed by atoms with van der Waals surface area (Å²) >= 11 is 0. The summed E-state index contributed by atoms with van der Waals surface area (Å²) in [6.07, 6.45) is 6.50. The standard InChI is InChI=1S/C23H33N5O2/c1-23(2,3)30-22(29)28-9-6-7-20(28)17-11-19(24)21(15-12-25-27(5)13-15)16-8-10-26(4)14-18(16)17/h11-13,20H,6-10,14,24H2,1-5H3. The number of likely N-dealkylation sites (N-methyl/N-ethyl adjacent to an activating group) is 1. The molecule has 1 aromatic carbocycles. The molecule has 4 rings (SSSR count). The number of hydrogen-bond donors (Lipinski definition) is 1. The van der Waals surface area contributed by atoms with Crippen molar-refractivity contribution >= 4 is 11.8 Å². The van der Waals surface area contributed by atoms with Gasteiger partial charge >= 0.3 is 6.09 Å². The molecule has 3 heterocycles. The summed E-state index contributed by atoms with van der Waals surface area (Å²) in [6.45, 7) is 8.30. The molecule has 1 atom stereocenters. The van der Waals surface area contributed by atoms with Crippen molar-refractivity contribution in [2.45, 2.75) is 58.2 Å². The van der Waals surface area contributed by atoms with Gasteiger partial charge in [0.05, 0.1) is 12.2 Å². The Hall–Kier alpha value is -2.54. The van der Waals surface area contributed by atoms with Gasteiger partial charge in [-0.05, 0) is 69.8 Å². The molecular formula is C23H33N5O2. The van der Waals surface area contributed by atoms with Gasteiger partial charge in [-0.25, -0.2) is 4.79 Å². The second kappa shape index (κ2) is 7.61. The highest BCUT2D eigenvalue weighted by Crippen LogP contribution is 2.43. The predicted molar refractivity (Wildman–Crippen MR) is 118 cm³/mol. The highest BCUT2D eigenvalue weighted by atomic mass is 16.6. The third-order valence-electron chi connectivity index (χ3n) is 6.02. The van der Waals surface area contributed by atoms with Crippen LogP contribution in [0.5, 0.6) is 0 Å². The van der Waals surface area contributed by atoms with Crippen LogP contribution in [0.15, 0.2) is 18.5 Å². The molecule has 7 heteroatoms. The molecule has 1 amide bonds. The first kappa shape index (κ1) is 20.7. The van der Waals surface area contributed by atoms with Crippen LogP contribution in [0.3, 0.4) is 0 Å². The smallest absolute Gasteiger partial charge is 0.410 e. The van der Waals surface area contributed by atoms with Crippen molar-refractivity contribution in [3.05, 3.63) is 35.2 Å². The van der Waals surface area contributed by atoms with E-state index in [1.54, 1.807) is 0 Å². The number of ether oxygens (including phenoxy) is 1. The summed E-state index contributed by atoms with van der Waals surface area (Å²) in [5.41, 5.74) is 12.8. The van der Waals surface area contributed by atoms with Gasteiger partial charge in [0, 0.05) is 49.7 Å². The van der Waals surface area contributed by atoms with Crippen LogP contribution < -0.4 is 5.73 Å². The van der Waals surface area contributed by atoms with Crippen LogP contribution in [0.4, 0.5) is 10.5 Å². The molecule has 0 aliphatic carbocycles. The quantitative estimate of drug-likeness (QED) is 0.762. The Labute approximate surface area is 178 Å². The van der Waals surface area contributed by atoms with Crippen LogP contribution >= 0.6 is 0 Å². The third-order valence-corrected chi connectivity index (χ3v) is 6.02. The van der Waals surface area contributed by atoms with E-state index in [1.807, 2.05) is 49.8 Å². The topological polar surface area (TPSA) is 76.6 Å². The molecule has 2 aliphatic heterocycles. The Morgan fingerprint density at radius 2 is 2.00 bits per heavy atom. The fraction of sp³-hybridized carbons (Fsp3) is 0.565. The molecule has 0 spiro atoms. The van der Waals surface area contributed by atoms with Crippen molar-refractivity contribution in [3.8, 4) is 11.1 Å². The van der Waals surface area contributed by atoms with Crippen molar-refractivity contribution < 1.29 is 9.53 Å². The van der Waals surface area contributed by atoms with Crippen molar-refractivity contribution in [2.24, 2.45) is 7.05 Å². The molecule has 2 N–H and O–H groups in total. The first-order valence-electron chi connectivity index (χ1n) is 10.8. The number of carbonyl (C=O) groups excluding carboxylic acids is 1. The molecule has 30 heavy (non-hydrogen) atoms. The normalized spacial score (nSPS) is 19.8. The van der Waals surface area contributed by atoms with E-state index >= 15 is 0 Å². The van der Waals surface area contributed by atoms with Crippen LogP contribution in [0, 0.1) is 0 Å². The Balaban J connectivity index is 1.79. The van der Waals surface area contributed by atoms with E-state index in [2.05, 4.69) is 23.1 Å². The second-order valence-corrected chi connectivity index (χ2v) is 9.61. The van der Waals surface area contributed by atoms with Gasteiger partial charge in [0.2, 0.25) is 0 Å². The lowest BCUT2D eigenvalue weighted by atomic mass is 9.84. The molecule has 1 unspecified atom stereocenters. The fourth-order valence-electron chi connectivity index (χ4n) is 4.76. The summed E-state index contributed by atoms with van der Waals surface area (Å²) in [5, 5.41) is 4.35. The zero-order chi connectivity index (χ0) is 21.6. The first-order chi connectivity index (χ1) is 14.1. The number of nitrogens with two attached hydrogens (primary N) is 1. The maximum atomic E-state index is 12.9. The molecule has 7 nitrogen and oxygen atoms in total. The van der Waals surface area contributed by atoms with Crippen molar-refractivity contribution in [1.82, 2.24) is 19.6 Å². The average molecular weight is 412 g/mol. The van der Waals surface area contributed by atoms with E-state index in [4.69, 9.17) is 10.5 Å². The second-order valence-electron chi connectivity index (χ2n) is 9.61. The highest BCUT2D eigenvalue weighted by Gasteiger charge is 2.36. The molecule has 0 bridgehead atoms. The predicted octanol–water partition coefficient (Wildman–Crippen LogP) is 3.73. The van der Waals surface area contributed by atoms with Crippen LogP contribution in [-0.4, -0.2) is 51.4 Å². The van der Waals surface area contributed by atoms with Crippen molar-refractivity contribution in [2.75, 3.05) is 25.9 Å². The molecule has 1 saturated heterocycles. The molecule has 2 aliphatic rings. The lowest BCUT2D eigenvalue weighted by Crippen LogP contribution is -2.37. The van der Waals surface area contributed by atoms with E-state index in [0.717, 1.165) is 49.2 Å². The summed E-state index contributed by atoms with van der Waals surface area (Å²) in [6, 6.07) is 2.10. The molecule has 1 fully saturated rings. The Morgan fingerprint density at radius 1 is 1.23 bits per heavy atom. The SMILES string of the molecule is CN1CCc2c(c(C3CCCN3C(=O)OC(C)(C)C)cc(N)c2-c2cnn(C)c2)C1. The molecule has 2 aromatic rings. The van der Waals surface area contributed by atoms with Crippen LogP contribution in [-0.2, 0) is 24.8 Å². The Kier molecular flexibility index (Phi) is 5.26. The van der Waals surface area contributed by atoms with Crippen molar-refractivity contribution in [3.63, 3.8) is 0 Å². The first-order valence-corrected chi connectivity index (χ1v) is 10.8. The van der Waals surface area contributed by atoms with Gasteiger partial charge in [-0.2, -0.15) is 5.10 Å². The zero-order valence-electron chi connectivity index (χ0n) is 18.7. The number of rotatable bonds is 2. The zero-order valence-corrected chi connectivity index (χ0v) is 18.7. The maximum absolute atomic E-state index is 12.9. The number of amides is 1. The van der Waals surface area contributed by atoms with E-state index in [-0.39, 0.29) is 12.1 Å². The van der Waals surface area contributed by atoms with Gasteiger partial charge in [0.15, 0.2) is 0 Å². The molecule has 162 valence electrons. The largest absolute Gasteiger partial charge is 0.444 e. The monoisotopic (exact) mass is 411 g/mol. The molecule has 1 aromatic heterocycles. The molecule has 0 saturated carbocycles. The summed E-state index contributed by atoms with van der Waals surface area (Å²) in [5.74, 6) is 0. The Bertz CT molecular complexity index is 959. The van der Waals surface area contributed by atoms with Gasteiger partial charge in [-0.15, -0.1) is 0 Å². The number of nitrogens with zero attached hydrogens (tertiary/aromatic N) is 4. The number of benzene rings is 1. The summed E-state index contributed by atoms with van der Waals surface area (Å²) in [7, 11) is 4.07. The van der Waals surface area contributed by atoms with Gasteiger partial charge in [0.1, 0.15) is 5.60 Å². The Morgan fingerprint density at radius 3 is 2.67 bits per heavy atom. The minimum absolute atomic E-state index is 0.00495. The number of carbonyl (C=O) groups is 1. The minimum atomic E-state index is -0.507. The number of aromatic nitrogens is 2. The van der Waals surface area contributed by atoms with Crippen molar-refractivity contribution in [1.29, 1.82) is 0 Å². The maximum Gasteiger partial charge on any atom is 0.410 e. The summed E-state index contributed by atoms with van der Waals surface area (Å²) in [4.78, 5) is 17.1. The number of hydrogen-bond acceptors (Lipinski definition) is 5. The third kappa shape index (κ3) is 3.90. The van der Waals surface area contributed by atoms with E-state index in [1.165, 1.54) is 16.7 Å². The number of anilines is 1. The fourth-order valence-corrected chi connectivity index (χ4v) is 4.76. The van der Waals surface area contributed by atoms with Gasteiger partial charge in [-0.1, -0.05) is 0 Å². The van der Waals surface area contributed by atoms with E-state index in [9.17, 15) is 4.79 Å².